The first-order valence-electron chi connectivity index (χ1n) is 10.5. The molecule has 1 atom stereocenters. The summed E-state index contributed by atoms with van der Waals surface area (Å²) in [7, 11) is -0.943. The van der Waals surface area contributed by atoms with Crippen LogP contribution in [0.3, 0.4) is 0 Å². The number of ether oxygens (including phenoxy) is 2. The molecule has 0 aliphatic rings. The molecule has 0 saturated carbocycles. The van der Waals surface area contributed by atoms with Gasteiger partial charge in [-0.15, -0.1) is 0 Å². The maximum Gasteiger partial charge on any atom is 0.264 e. The Morgan fingerprint density at radius 1 is 0.971 bits per heavy atom. The van der Waals surface area contributed by atoms with Gasteiger partial charge in [-0.3, -0.25) is 9.10 Å². The molecule has 0 fully saturated rings. The molecule has 0 aromatic heterocycles. The molecular weight excluding hydrogens is 476 g/mol. The number of aryl methyl sites for hydroxylation is 1. The number of sulfonamides is 1. The summed E-state index contributed by atoms with van der Waals surface area (Å²) in [5, 5.41) is 3.29. The second-order valence-corrected chi connectivity index (χ2v) is 10.0. The first-order valence-corrected chi connectivity index (χ1v) is 12.3. The van der Waals surface area contributed by atoms with Crippen LogP contribution in [0.15, 0.2) is 71.6 Å². The van der Waals surface area contributed by atoms with Crippen molar-refractivity contribution in [2.24, 2.45) is 0 Å². The number of rotatable bonds is 9. The lowest BCUT2D eigenvalue weighted by atomic mass is 10.1. The summed E-state index contributed by atoms with van der Waals surface area (Å²) in [6.07, 6.45) is 0. The van der Waals surface area contributed by atoms with Gasteiger partial charge in [0.25, 0.3) is 10.0 Å². The molecule has 0 aliphatic heterocycles. The highest BCUT2D eigenvalue weighted by Gasteiger charge is 2.28. The molecule has 0 spiro atoms. The average molecular weight is 503 g/mol. The number of hydrogen-bond acceptors (Lipinski definition) is 5. The van der Waals surface area contributed by atoms with Gasteiger partial charge in [0.15, 0.2) is 11.5 Å². The summed E-state index contributed by atoms with van der Waals surface area (Å²) >= 11 is 5.93. The van der Waals surface area contributed by atoms with Crippen LogP contribution < -0.4 is 19.1 Å². The van der Waals surface area contributed by atoms with E-state index < -0.39 is 28.5 Å². The molecule has 0 aliphatic carbocycles. The predicted molar refractivity (Wildman–Crippen MR) is 133 cm³/mol. The fraction of sp³-hybridized carbons (Fsp3) is 0.240. The van der Waals surface area contributed by atoms with Gasteiger partial charge in [-0.05, 0) is 67.9 Å². The second kappa shape index (κ2) is 10.8. The largest absolute Gasteiger partial charge is 0.493 e. The van der Waals surface area contributed by atoms with Crippen LogP contribution >= 0.6 is 11.6 Å². The van der Waals surface area contributed by atoms with Gasteiger partial charge >= 0.3 is 0 Å². The van der Waals surface area contributed by atoms with Crippen molar-refractivity contribution in [1.82, 2.24) is 5.32 Å². The first-order chi connectivity index (χ1) is 16.1. The maximum absolute atomic E-state index is 13.4. The standard InChI is InChI=1S/C25H27ClN2O5S/c1-17-5-10-21(11-6-17)28(34(30,31)22-12-8-20(26)9-13-22)16-25(29)27-18(2)19-7-14-23(32-3)24(15-19)33-4/h5-15,18H,16H2,1-4H3,(H,27,29)/t18-/m1/s1. The van der Waals surface area contributed by atoms with Gasteiger partial charge in [0, 0.05) is 5.02 Å². The number of benzene rings is 3. The zero-order chi connectivity index (χ0) is 24.9. The van der Waals surface area contributed by atoms with Crippen molar-refractivity contribution in [1.29, 1.82) is 0 Å². The number of methoxy groups -OCH3 is 2. The summed E-state index contributed by atoms with van der Waals surface area (Å²) < 4.78 is 38.6. The fourth-order valence-electron chi connectivity index (χ4n) is 3.38. The van der Waals surface area contributed by atoms with Crippen LogP contribution in [0.1, 0.15) is 24.1 Å². The van der Waals surface area contributed by atoms with Gasteiger partial charge in [-0.1, -0.05) is 35.4 Å². The van der Waals surface area contributed by atoms with Crippen molar-refractivity contribution in [2.45, 2.75) is 24.8 Å². The Hall–Kier alpha value is -3.23. The van der Waals surface area contributed by atoms with Gasteiger partial charge in [-0.25, -0.2) is 8.42 Å². The molecule has 0 bridgehead atoms. The number of nitrogens with zero attached hydrogens (tertiary/aromatic N) is 1. The Bertz CT molecular complexity index is 1250. The van der Waals surface area contributed by atoms with Gasteiger partial charge in [0.1, 0.15) is 6.54 Å². The quantitative estimate of drug-likeness (QED) is 0.457. The minimum atomic E-state index is -4.02. The number of carbonyl (C=O) groups is 1. The van der Waals surface area contributed by atoms with Crippen LogP contribution in [-0.4, -0.2) is 35.1 Å². The molecular formula is C25H27ClN2O5S. The van der Waals surface area contributed by atoms with E-state index in [9.17, 15) is 13.2 Å². The van der Waals surface area contributed by atoms with Crippen LogP contribution in [0.25, 0.3) is 0 Å². The molecule has 0 saturated heterocycles. The Balaban J connectivity index is 1.87. The Morgan fingerprint density at radius 2 is 1.59 bits per heavy atom. The Labute approximate surface area is 205 Å². The van der Waals surface area contributed by atoms with E-state index in [4.69, 9.17) is 21.1 Å². The average Bonchev–Trinajstić information content (AvgIpc) is 2.82. The van der Waals surface area contributed by atoms with Crippen LogP contribution in [0.5, 0.6) is 11.5 Å². The van der Waals surface area contributed by atoms with Crippen LogP contribution in [0, 0.1) is 6.92 Å². The summed E-state index contributed by atoms with van der Waals surface area (Å²) in [6, 6.07) is 17.7. The van der Waals surface area contributed by atoms with E-state index in [1.165, 1.54) is 31.4 Å². The fourth-order valence-corrected chi connectivity index (χ4v) is 4.93. The van der Waals surface area contributed by atoms with Gasteiger partial charge in [0.2, 0.25) is 5.91 Å². The molecule has 3 aromatic rings. The summed E-state index contributed by atoms with van der Waals surface area (Å²) in [5.74, 6) is 0.650. The summed E-state index contributed by atoms with van der Waals surface area (Å²) in [5.41, 5.74) is 2.14. The Kier molecular flexibility index (Phi) is 8.06. The number of halogens is 1. The number of carbonyl (C=O) groups excluding carboxylic acids is 1. The van der Waals surface area contributed by atoms with Crippen LogP contribution in [0.4, 0.5) is 5.69 Å². The lowest BCUT2D eigenvalue weighted by molar-refractivity contribution is -0.120. The molecule has 9 heteroatoms. The van der Waals surface area contributed by atoms with Crippen molar-refractivity contribution in [3.63, 3.8) is 0 Å². The molecule has 7 nitrogen and oxygen atoms in total. The molecule has 0 radical (unpaired) electrons. The maximum atomic E-state index is 13.4. The van der Waals surface area contributed by atoms with Gasteiger partial charge in [-0.2, -0.15) is 0 Å². The zero-order valence-electron chi connectivity index (χ0n) is 19.4. The predicted octanol–water partition coefficient (Wildman–Crippen LogP) is 4.74. The minimum absolute atomic E-state index is 0.0400. The first kappa shape index (κ1) is 25.4. The SMILES string of the molecule is COc1ccc([C@@H](C)NC(=O)CN(c2ccc(C)cc2)S(=O)(=O)c2ccc(Cl)cc2)cc1OC. The van der Waals surface area contributed by atoms with Crippen molar-refractivity contribution >= 4 is 33.2 Å². The molecule has 1 amide bonds. The van der Waals surface area contributed by atoms with Crippen LogP contribution in [0.2, 0.25) is 5.02 Å². The number of anilines is 1. The van der Waals surface area contributed by atoms with Crippen LogP contribution in [-0.2, 0) is 14.8 Å². The van der Waals surface area contributed by atoms with Crippen molar-refractivity contribution < 1.29 is 22.7 Å². The molecule has 1 N–H and O–H groups in total. The van der Waals surface area contributed by atoms with Gasteiger partial charge in [0.05, 0.1) is 30.8 Å². The topological polar surface area (TPSA) is 84.9 Å². The normalized spacial score (nSPS) is 12.0. The van der Waals surface area contributed by atoms with E-state index in [2.05, 4.69) is 5.32 Å². The third-order valence-corrected chi connectivity index (χ3v) is 7.34. The Morgan fingerprint density at radius 3 is 2.18 bits per heavy atom. The van der Waals surface area contributed by atoms with Crippen molar-refractivity contribution in [3.8, 4) is 11.5 Å². The monoisotopic (exact) mass is 502 g/mol. The number of nitrogens with one attached hydrogen (secondary N) is 1. The molecule has 0 unspecified atom stereocenters. The number of amides is 1. The number of hydrogen-bond donors (Lipinski definition) is 1. The lowest BCUT2D eigenvalue weighted by Gasteiger charge is -2.25. The van der Waals surface area contributed by atoms with E-state index in [1.54, 1.807) is 43.5 Å². The zero-order valence-corrected chi connectivity index (χ0v) is 21.0. The third-order valence-electron chi connectivity index (χ3n) is 5.30. The molecule has 3 aromatic carbocycles. The second-order valence-electron chi connectivity index (χ2n) is 7.70. The van der Waals surface area contributed by atoms with E-state index in [1.807, 2.05) is 19.9 Å². The van der Waals surface area contributed by atoms with Gasteiger partial charge < -0.3 is 14.8 Å². The third kappa shape index (κ3) is 5.81. The summed E-state index contributed by atoms with van der Waals surface area (Å²) in [6.45, 7) is 3.31. The highest BCUT2D eigenvalue weighted by atomic mass is 35.5. The minimum Gasteiger partial charge on any atom is -0.493 e. The van der Waals surface area contributed by atoms with Crippen molar-refractivity contribution in [2.75, 3.05) is 25.1 Å². The van der Waals surface area contributed by atoms with E-state index in [0.717, 1.165) is 15.4 Å². The highest BCUT2D eigenvalue weighted by molar-refractivity contribution is 7.92. The highest BCUT2D eigenvalue weighted by Crippen LogP contribution is 2.30. The summed E-state index contributed by atoms with van der Waals surface area (Å²) in [4.78, 5) is 13.0. The lowest BCUT2D eigenvalue weighted by Crippen LogP contribution is -2.41. The van der Waals surface area contributed by atoms with E-state index >= 15 is 0 Å². The van der Waals surface area contributed by atoms with E-state index in [0.29, 0.717) is 22.2 Å². The molecule has 34 heavy (non-hydrogen) atoms. The van der Waals surface area contributed by atoms with Crippen molar-refractivity contribution in [3.05, 3.63) is 82.9 Å². The van der Waals surface area contributed by atoms with E-state index in [-0.39, 0.29) is 4.90 Å². The molecule has 0 heterocycles. The smallest absolute Gasteiger partial charge is 0.264 e. The molecule has 180 valence electrons. The molecule has 3 rings (SSSR count).